The molecule has 0 aromatic carbocycles. The summed E-state index contributed by atoms with van der Waals surface area (Å²) in [5.41, 5.74) is -1.95. The monoisotopic (exact) mass is 691 g/mol. The Labute approximate surface area is 280 Å². The van der Waals surface area contributed by atoms with Crippen LogP contribution in [0.1, 0.15) is 114 Å². The number of aliphatic hydroxyl groups excluding tert-OH is 2. The van der Waals surface area contributed by atoms with E-state index >= 15 is 0 Å². The first-order chi connectivity index (χ1) is 20.4. The maximum atomic E-state index is 14.1. The predicted octanol–water partition coefficient (Wildman–Crippen LogP) is 4.90. The molecule has 0 aromatic heterocycles. The predicted molar refractivity (Wildman–Crippen MR) is 164 cm³/mol. The SMILES string of the molecule is CC[C@@H](C(=O)[C@@H](C)[C@@H](O)[C@@H](C)[C@H]1O[C@@H](CC(=O)OO)[C@H](C)C[C@@H]1C)[C@H]1O[C@](C)([C@]2(O)O[C@](CC)([C@@H](O)CC)C[C@H]2C)C[C@@H]1C.[Cu]. The van der Waals surface area contributed by atoms with Crippen LogP contribution in [-0.4, -0.2) is 79.8 Å². The molecule has 45 heavy (non-hydrogen) atoms. The Hall–Kier alpha value is -0.621. The molecule has 4 N–H and O–H groups in total. The van der Waals surface area contributed by atoms with Crippen molar-refractivity contribution in [3.05, 3.63) is 0 Å². The van der Waals surface area contributed by atoms with Gasteiger partial charge in [-0.3, -0.25) is 4.79 Å². The Morgan fingerprint density at radius 2 is 1.58 bits per heavy atom. The Bertz CT molecular complexity index is 998. The summed E-state index contributed by atoms with van der Waals surface area (Å²) in [5, 5.41) is 43.2. The average Bonchev–Trinajstić information content (AvgIpc) is 3.46. The molecule has 3 aliphatic rings. The molecule has 15 atom stereocenters. The van der Waals surface area contributed by atoms with Crippen LogP contribution in [0, 0.1) is 41.4 Å². The van der Waals surface area contributed by atoms with Crippen molar-refractivity contribution in [2.24, 2.45) is 41.4 Å². The second-order valence-corrected chi connectivity index (χ2v) is 14.8. The normalized spacial score (nSPS) is 41.9. The first kappa shape index (κ1) is 40.6. The van der Waals surface area contributed by atoms with Crippen molar-refractivity contribution < 1.29 is 66.3 Å². The topological polar surface area (TPSA) is 152 Å². The zero-order chi connectivity index (χ0) is 33.4. The van der Waals surface area contributed by atoms with Crippen molar-refractivity contribution in [3.8, 4) is 0 Å². The maximum Gasteiger partial charge on any atom is 0.344 e. The van der Waals surface area contributed by atoms with Crippen molar-refractivity contribution in [1.82, 2.24) is 0 Å². The molecule has 3 aliphatic heterocycles. The van der Waals surface area contributed by atoms with Crippen LogP contribution in [-0.2, 0) is 45.8 Å². The van der Waals surface area contributed by atoms with Gasteiger partial charge in [0.15, 0.2) is 5.79 Å². The largest absolute Gasteiger partial charge is 0.392 e. The molecule has 0 amide bonds. The fourth-order valence-electron chi connectivity index (χ4n) is 8.86. The van der Waals surface area contributed by atoms with Gasteiger partial charge in [0.05, 0.1) is 42.5 Å². The fourth-order valence-corrected chi connectivity index (χ4v) is 8.86. The fraction of sp³-hybridized carbons (Fsp3) is 0.941. The zero-order valence-corrected chi connectivity index (χ0v) is 29.9. The van der Waals surface area contributed by atoms with E-state index < -0.39 is 65.1 Å². The van der Waals surface area contributed by atoms with E-state index in [2.05, 4.69) is 4.89 Å². The first-order valence-corrected chi connectivity index (χ1v) is 16.9. The Balaban J connectivity index is 0.00000705. The quantitative estimate of drug-likeness (QED) is 0.119. The minimum absolute atomic E-state index is 0. The van der Waals surface area contributed by atoms with Crippen LogP contribution in [0.2, 0.25) is 0 Å². The molecule has 0 unspecified atom stereocenters. The van der Waals surface area contributed by atoms with Crippen molar-refractivity contribution in [3.63, 3.8) is 0 Å². The summed E-state index contributed by atoms with van der Waals surface area (Å²) >= 11 is 0. The van der Waals surface area contributed by atoms with E-state index in [9.17, 15) is 24.9 Å². The summed E-state index contributed by atoms with van der Waals surface area (Å²) in [4.78, 5) is 29.7. The molecule has 0 aromatic rings. The number of aliphatic hydroxyl groups is 3. The number of hydrogen-bond acceptors (Lipinski definition) is 10. The minimum atomic E-state index is -1.63. The van der Waals surface area contributed by atoms with Crippen LogP contribution < -0.4 is 0 Å². The van der Waals surface area contributed by atoms with E-state index in [1.807, 2.05) is 62.3 Å². The third-order valence-electron chi connectivity index (χ3n) is 11.7. The molecule has 1 radical (unpaired) electrons. The van der Waals surface area contributed by atoms with Crippen molar-refractivity contribution >= 4 is 11.8 Å². The molecule has 0 spiro atoms. The van der Waals surface area contributed by atoms with Crippen LogP contribution in [0.25, 0.3) is 0 Å². The van der Waals surface area contributed by atoms with Gasteiger partial charge in [0.25, 0.3) is 0 Å². The van der Waals surface area contributed by atoms with Crippen LogP contribution in [0.3, 0.4) is 0 Å². The van der Waals surface area contributed by atoms with Gasteiger partial charge >= 0.3 is 5.97 Å². The van der Waals surface area contributed by atoms with Crippen LogP contribution in [0.4, 0.5) is 0 Å². The van der Waals surface area contributed by atoms with E-state index in [1.54, 1.807) is 6.92 Å². The number of rotatable bonds is 13. The Morgan fingerprint density at radius 3 is 2.11 bits per heavy atom. The molecular weight excluding hydrogens is 632 g/mol. The van der Waals surface area contributed by atoms with Gasteiger partial charge in [-0.15, -0.1) is 0 Å². The van der Waals surface area contributed by atoms with E-state index in [1.165, 1.54) is 0 Å². The summed E-state index contributed by atoms with van der Waals surface area (Å²) < 4.78 is 19.4. The molecule has 3 rings (SSSR count). The summed E-state index contributed by atoms with van der Waals surface area (Å²) in [5.74, 6) is -4.28. The molecule has 3 saturated heterocycles. The molecule has 0 saturated carbocycles. The van der Waals surface area contributed by atoms with E-state index in [0.29, 0.717) is 32.1 Å². The van der Waals surface area contributed by atoms with E-state index in [0.717, 1.165) is 6.42 Å². The molecule has 3 fully saturated rings. The number of Topliss-reactive ketones (excluding diaryl/α,β-unsaturated/α-hetero) is 1. The van der Waals surface area contributed by atoms with Gasteiger partial charge in [0, 0.05) is 40.7 Å². The van der Waals surface area contributed by atoms with Crippen molar-refractivity contribution in [2.45, 2.75) is 162 Å². The third-order valence-corrected chi connectivity index (χ3v) is 11.7. The van der Waals surface area contributed by atoms with E-state index in [-0.39, 0.29) is 59.0 Å². The second-order valence-electron chi connectivity index (χ2n) is 14.8. The van der Waals surface area contributed by atoms with Crippen LogP contribution in [0.5, 0.6) is 0 Å². The average molecular weight is 692 g/mol. The van der Waals surface area contributed by atoms with Gasteiger partial charge < -0.3 is 34.4 Å². The first-order valence-electron chi connectivity index (χ1n) is 16.9. The summed E-state index contributed by atoms with van der Waals surface area (Å²) in [6, 6.07) is 0. The number of ketones is 1. The number of carbonyl (C=O) groups is 2. The summed E-state index contributed by atoms with van der Waals surface area (Å²) in [6.45, 7) is 19.3. The molecule has 267 valence electrons. The van der Waals surface area contributed by atoms with Crippen molar-refractivity contribution in [2.75, 3.05) is 0 Å². The van der Waals surface area contributed by atoms with E-state index in [4.69, 9.17) is 19.5 Å². The van der Waals surface area contributed by atoms with Crippen LogP contribution in [0.15, 0.2) is 0 Å². The molecule has 3 heterocycles. The van der Waals surface area contributed by atoms with Crippen molar-refractivity contribution in [1.29, 1.82) is 0 Å². The standard InChI is InChI=1S/C34H60O10.Cu/c1-11-24(29(38)22(8)28(37)23(9)30-19(5)14-18(4)25(41-30)15-27(36)43-40)31-20(6)16-32(10,42-31)34(39)21(7)17-33(13-3,44-34)26(35)12-2;/h18-26,28,30-31,35,37,39-40H,11-17H2,1-10H3;/t18-,19+,20+,21-,22+,23-,24+,25+,26+,28-,30+,31+,32+,33+,34-;/m1./s1. The minimum Gasteiger partial charge on any atom is -0.392 e. The molecule has 11 heteroatoms. The smallest absolute Gasteiger partial charge is 0.344 e. The number of carbonyl (C=O) groups excluding carboxylic acids is 2. The molecule has 10 nitrogen and oxygen atoms in total. The maximum absolute atomic E-state index is 14.1. The Kier molecular flexibility index (Phi) is 14.2. The number of hydrogen-bond donors (Lipinski definition) is 4. The van der Waals surface area contributed by atoms with Gasteiger partial charge in [0.2, 0.25) is 0 Å². The molecule has 0 bridgehead atoms. The number of ether oxygens (including phenoxy) is 3. The van der Waals surface area contributed by atoms with Gasteiger partial charge in [-0.25, -0.2) is 4.79 Å². The van der Waals surface area contributed by atoms with Gasteiger partial charge in [0.1, 0.15) is 11.4 Å². The summed E-state index contributed by atoms with van der Waals surface area (Å²) in [7, 11) is 0. The van der Waals surface area contributed by atoms with Crippen LogP contribution >= 0.6 is 0 Å². The molecule has 0 aliphatic carbocycles. The molecular formula is C34H60CuO10. The third kappa shape index (κ3) is 7.67. The summed E-state index contributed by atoms with van der Waals surface area (Å²) in [6.07, 6.45) is 0.237. The van der Waals surface area contributed by atoms with Gasteiger partial charge in [-0.05, 0) is 63.2 Å². The zero-order valence-electron chi connectivity index (χ0n) is 28.9. The van der Waals surface area contributed by atoms with Gasteiger partial charge in [-0.1, -0.05) is 62.3 Å². The second kappa shape index (κ2) is 15.7. The van der Waals surface area contributed by atoms with Gasteiger partial charge in [-0.2, -0.15) is 5.26 Å². The Morgan fingerprint density at radius 1 is 0.956 bits per heavy atom.